The average Bonchev–Trinajstić information content (AvgIpc) is 2.39. The molecular formula is C15H16ClNO2. The molecule has 19 heavy (non-hydrogen) atoms. The monoisotopic (exact) mass is 277 g/mol. The fraction of sp³-hybridized carbons (Fsp3) is 0.200. The molecular weight excluding hydrogens is 262 g/mol. The largest absolute Gasteiger partial charge is 0.399 e. The number of halogens is 1. The molecule has 0 saturated carbocycles. The topological polar surface area (TPSA) is 55.5 Å². The zero-order valence-corrected chi connectivity index (χ0v) is 11.2. The van der Waals surface area contributed by atoms with Gasteiger partial charge >= 0.3 is 0 Å². The van der Waals surface area contributed by atoms with Crippen LogP contribution in [0.15, 0.2) is 48.5 Å². The van der Waals surface area contributed by atoms with E-state index in [1.54, 1.807) is 24.3 Å². The van der Waals surface area contributed by atoms with E-state index in [1.165, 1.54) is 0 Å². The van der Waals surface area contributed by atoms with Crippen LogP contribution in [0.1, 0.15) is 17.2 Å². The van der Waals surface area contributed by atoms with E-state index in [1.807, 2.05) is 24.3 Å². The second kappa shape index (κ2) is 6.57. The van der Waals surface area contributed by atoms with Gasteiger partial charge in [0.15, 0.2) is 0 Å². The lowest BCUT2D eigenvalue weighted by molar-refractivity contribution is 0.0277. The molecule has 0 heterocycles. The minimum absolute atomic E-state index is 0.233. The van der Waals surface area contributed by atoms with Crippen molar-refractivity contribution in [3.05, 3.63) is 64.7 Å². The van der Waals surface area contributed by atoms with E-state index in [-0.39, 0.29) is 6.61 Å². The molecule has 0 radical (unpaired) electrons. The number of rotatable bonds is 5. The van der Waals surface area contributed by atoms with Gasteiger partial charge in [0.1, 0.15) is 6.10 Å². The van der Waals surface area contributed by atoms with Crippen molar-refractivity contribution < 1.29 is 9.84 Å². The summed E-state index contributed by atoms with van der Waals surface area (Å²) >= 11 is 5.88. The summed E-state index contributed by atoms with van der Waals surface area (Å²) in [4.78, 5) is 0. The molecule has 0 saturated heterocycles. The summed E-state index contributed by atoms with van der Waals surface area (Å²) in [6.45, 7) is 0.656. The van der Waals surface area contributed by atoms with E-state index < -0.39 is 6.10 Å². The van der Waals surface area contributed by atoms with Crippen LogP contribution in [-0.4, -0.2) is 11.7 Å². The van der Waals surface area contributed by atoms with Crippen molar-refractivity contribution in [1.29, 1.82) is 0 Å². The quantitative estimate of drug-likeness (QED) is 0.826. The van der Waals surface area contributed by atoms with E-state index in [0.717, 1.165) is 11.1 Å². The standard InChI is InChI=1S/C15H16ClNO2/c16-13-3-1-2-11(8-13)9-19-10-15(18)12-4-6-14(17)7-5-12/h1-8,15,18H,9-10,17H2. The van der Waals surface area contributed by atoms with Gasteiger partial charge in [0, 0.05) is 10.7 Å². The molecule has 2 aromatic rings. The van der Waals surface area contributed by atoms with E-state index in [2.05, 4.69) is 0 Å². The molecule has 4 heteroatoms. The van der Waals surface area contributed by atoms with Crippen molar-refractivity contribution >= 4 is 17.3 Å². The molecule has 0 aliphatic heterocycles. The molecule has 0 bridgehead atoms. The molecule has 3 N–H and O–H groups in total. The second-order valence-electron chi connectivity index (χ2n) is 4.33. The summed E-state index contributed by atoms with van der Waals surface area (Å²) in [5, 5.41) is 10.6. The third kappa shape index (κ3) is 4.24. The molecule has 0 fully saturated rings. The molecule has 100 valence electrons. The van der Waals surface area contributed by atoms with Gasteiger partial charge in [-0.05, 0) is 35.4 Å². The number of hydrogen-bond acceptors (Lipinski definition) is 3. The fourth-order valence-electron chi connectivity index (χ4n) is 1.73. The van der Waals surface area contributed by atoms with Crippen LogP contribution in [0, 0.1) is 0 Å². The van der Waals surface area contributed by atoms with E-state index in [4.69, 9.17) is 22.1 Å². The highest BCUT2D eigenvalue weighted by molar-refractivity contribution is 6.30. The van der Waals surface area contributed by atoms with Gasteiger partial charge in [-0.25, -0.2) is 0 Å². The second-order valence-corrected chi connectivity index (χ2v) is 4.76. The van der Waals surface area contributed by atoms with Crippen LogP contribution in [0.2, 0.25) is 5.02 Å². The normalized spacial score (nSPS) is 12.3. The van der Waals surface area contributed by atoms with Gasteiger partial charge in [0.25, 0.3) is 0 Å². The first-order valence-electron chi connectivity index (χ1n) is 6.01. The summed E-state index contributed by atoms with van der Waals surface area (Å²) < 4.78 is 5.48. The van der Waals surface area contributed by atoms with Crippen molar-refractivity contribution in [3.8, 4) is 0 Å². The van der Waals surface area contributed by atoms with Crippen molar-refractivity contribution in [2.24, 2.45) is 0 Å². The lowest BCUT2D eigenvalue weighted by Crippen LogP contribution is -2.07. The summed E-state index contributed by atoms with van der Waals surface area (Å²) in [5.74, 6) is 0. The van der Waals surface area contributed by atoms with Crippen molar-refractivity contribution in [3.63, 3.8) is 0 Å². The van der Waals surface area contributed by atoms with Crippen LogP contribution in [0.25, 0.3) is 0 Å². The predicted octanol–water partition coefficient (Wildman–Crippen LogP) is 3.17. The van der Waals surface area contributed by atoms with Crippen LogP contribution < -0.4 is 5.73 Å². The molecule has 2 rings (SSSR count). The molecule has 0 aliphatic rings. The SMILES string of the molecule is Nc1ccc(C(O)COCc2cccc(Cl)c2)cc1. The molecule has 0 spiro atoms. The third-order valence-corrected chi connectivity index (χ3v) is 2.99. The van der Waals surface area contributed by atoms with Crippen LogP contribution in [0.4, 0.5) is 5.69 Å². The van der Waals surface area contributed by atoms with Gasteiger partial charge in [-0.15, -0.1) is 0 Å². The average molecular weight is 278 g/mol. The van der Waals surface area contributed by atoms with E-state index >= 15 is 0 Å². The van der Waals surface area contributed by atoms with Crippen LogP contribution in [0.5, 0.6) is 0 Å². The van der Waals surface area contributed by atoms with Crippen molar-refractivity contribution in [2.75, 3.05) is 12.3 Å². The first-order chi connectivity index (χ1) is 9.15. The number of aliphatic hydroxyl groups is 1. The van der Waals surface area contributed by atoms with Crippen molar-refractivity contribution in [2.45, 2.75) is 12.7 Å². The van der Waals surface area contributed by atoms with Gasteiger partial charge in [0.05, 0.1) is 13.2 Å². The zero-order chi connectivity index (χ0) is 13.7. The minimum Gasteiger partial charge on any atom is -0.399 e. The number of hydrogen-bond donors (Lipinski definition) is 2. The Balaban J connectivity index is 1.84. The molecule has 0 amide bonds. The number of ether oxygens (including phenoxy) is 1. The Morgan fingerprint density at radius 2 is 1.89 bits per heavy atom. The highest BCUT2D eigenvalue weighted by Gasteiger charge is 2.07. The third-order valence-electron chi connectivity index (χ3n) is 2.75. The lowest BCUT2D eigenvalue weighted by atomic mass is 10.1. The lowest BCUT2D eigenvalue weighted by Gasteiger charge is -2.12. The molecule has 1 atom stereocenters. The van der Waals surface area contributed by atoms with Gasteiger partial charge in [0.2, 0.25) is 0 Å². The Labute approximate surface area is 117 Å². The van der Waals surface area contributed by atoms with Crippen LogP contribution >= 0.6 is 11.6 Å². The van der Waals surface area contributed by atoms with Crippen LogP contribution in [-0.2, 0) is 11.3 Å². The molecule has 1 unspecified atom stereocenters. The van der Waals surface area contributed by atoms with Gasteiger partial charge < -0.3 is 15.6 Å². The van der Waals surface area contributed by atoms with E-state index in [0.29, 0.717) is 17.3 Å². The highest BCUT2D eigenvalue weighted by Crippen LogP contribution is 2.16. The first-order valence-corrected chi connectivity index (χ1v) is 6.38. The Morgan fingerprint density at radius 3 is 2.58 bits per heavy atom. The first kappa shape index (κ1) is 13.9. The smallest absolute Gasteiger partial charge is 0.102 e. The zero-order valence-electron chi connectivity index (χ0n) is 10.4. The molecule has 2 aromatic carbocycles. The Morgan fingerprint density at radius 1 is 1.16 bits per heavy atom. The highest BCUT2D eigenvalue weighted by atomic mass is 35.5. The van der Waals surface area contributed by atoms with Gasteiger partial charge in [-0.1, -0.05) is 35.9 Å². The Hall–Kier alpha value is -1.55. The summed E-state index contributed by atoms with van der Waals surface area (Å²) in [5.41, 5.74) is 8.04. The van der Waals surface area contributed by atoms with Gasteiger partial charge in [-0.2, -0.15) is 0 Å². The number of anilines is 1. The summed E-state index contributed by atoms with van der Waals surface area (Å²) in [6.07, 6.45) is -0.653. The predicted molar refractivity (Wildman–Crippen MR) is 76.9 cm³/mol. The molecule has 0 aliphatic carbocycles. The Kier molecular flexibility index (Phi) is 4.80. The minimum atomic E-state index is -0.653. The van der Waals surface area contributed by atoms with Crippen LogP contribution in [0.3, 0.4) is 0 Å². The number of aliphatic hydroxyl groups excluding tert-OH is 1. The van der Waals surface area contributed by atoms with Gasteiger partial charge in [-0.3, -0.25) is 0 Å². The molecule has 3 nitrogen and oxygen atoms in total. The number of nitrogens with two attached hydrogens (primary N) is 1. The molecule has 0 aromatic heterocycles. The number of benzene rings is 2. The number of nitrogen functional groups attached to an aromatic ring is 1. The summed E-state index contributed by atoms with van der Waals surface area (Å²) in [6, 6.07) is 14.6. The Bertz CT molecular complexity index is 528. The maximum atomic E-state index is 9.95. The maximum absolute atomic E-state index is 9.95. The maximum Gasteiger partial charge on any atom is 0.102 e. The van der Waals surface area contributed by atoms with Crippen molar-refractivity contribution in [1.82, 2.24) is 0 Å². The van der Waals surface area contributed by atoms with E-state index in [9.17, 15) is 5.11 Å². The summed E-state index contributed by atoms with van der Waals surface area (Å²) in [7, 11) is 0. The fourth-order valence-corrected chi connectivity index (χ4v) is 1.94.